The molecule has 0 heterocycles. The van der Waals surface area contributed by atoms with Gasteiger partial charge in [-0.2, -0.15) is 0 Å². The van der Waals surface area contributed by atoms with Crippen LogP contribution in [0, 0.1) is 0 Å². The van der Waals surface area contributed by atoms with Crippen molar-refractivity contribution < 1.29 is 28.6 Å². The van der Waals surface area contributed by atoms with Crippen LogP contribution in [0.4, 0.5) is 0 Å². The zero-order valence-electron chi connectivity index (χ0n) is 46.5. The van der Waals surface area contributed by atoms with Gasteiger partial charge in [0.15, 0.2) is 6.10 Å². The Morgan fingerprint density at radius 2 is 0.600 bits per heavy atom. The van der Waals surface area contributed by atoms with Gasteiger partial charge in [0, 0.05) is 19.3 Å². The van der Waals surface area contributed by atoms with Crippen molar-refractivity contribution in [1.29, 1.82) is 0 Å². The number of hydrogen-bond donors (Lipinski definition) is 0. The Labute approximate surface area is 434 Å². The molecule has 0 saturated heterocycles. The second-order valence-corrected chi connectivity index (χ2v) is 20.3. The Morgan fingerprint density at radius 3 is 0.986 bits per heavy atom. The molecule has 0 N–H and O–H groups in total. The van der Waals surface area contributed by atoms with Crippen molar-refractivity contribution in [2.45, 2.75) is 316 Å². The molecule has 0 aliphatic rings. The Bertz CT molecular complexity index is 1260. The van der Waals surface area contributed by atoms with E-state index in [0.29, 0.717) is 19.3 Å². The minimum atomic E-state index is -0.781. The molecule has 6 nitrogen and oxygen atoms in total. The van der Waals surface area contributed by atoms with Crippen LogP contribution in [0.25, 0.3) is 0 Å². The third-order valence-corrected chi connectivity index (χ3v) is 13.3. The zero-order valence-corrected chi connectivity index (χ0v) is 46.5. The summed E-state index contributed by atoms with van der Waals surface area (Å²) in [5.74, 6) is -0.881. The van der Waals surface area contributed by atoms with Gasteiger partial charge in [-0.25, -0.2) is 0 Å². The zero-order chi connectivity index (χ0) is 50.7. The van der Waals surface area contributed by atoms with E-state index in [1.54, 1.807) is 0 Å². The molecule has 0 bridgehead atoms. The lowest BCUT2D eigenvalue weighted by Crippen LogP contribution is -2.30. The van der Waals surface area contributed by atoms with E-state index in [9.17, 15) is 14.4 Å². The van der Waals surface area contributed by atoms with Gasteiger partial charge in [-0.1, -0.05) is 255 Å². The first-order valence-electron chi connectivity index (χ1n) is 30.3. The van der Waals surface area contributed by atoms with Gasteiger partial charge in [0.25, 0.3) is 0 Å². The van der Waals surface area contributed by atoms with Gasteiger partial charge in [0.1, 0.15) is 13.2 Å². The average molecular weight is 980 g/mol. The van der Waals surface area contributed by atoms with Crippen LogP contribution in [0.3, 0.4) is 0 Å². The van der Waals surface area contributed by atoms with Crippen LogP contribution in [0.15, 0.2) is 60.8 Å². The normalized spacial score (nSPS) is 12.4. The van der Waals surface area contributed by atoms with Crippen LogP contribution >= 0.6 is 0 Å². The molecule has 0 aliphatic carbocycles. The van der Waals surface area contributed by atoms with E-state index in [2.05, 4.69) is 81.5 Å². The van der Waals surface area contributed by atoms with E-state index in [1.807, 2.05) is 0 Å². The molecule has 1 unspecified atom stereocenters. The van der Waals surface area contributed by atoms with Crippen LogP contribution in [-0.2, 0) is 28.6 Å². The molecule has 0 aliphatic heterocycles. The second-order valence-electron chi connectivity index (χ2n) is 20.3. The topological polar surface area (TPSA) is 78.9 Å². The summed E-state index contributed by atoms with van der Waals surface area (Å²) in [7, 11) is 0. The summed E-state index contributed by atoms with van der Waals surface area (Å²) in [6.07, 6.45) is 73.6. The average Bonchev–Trinajstić information content (AvgIpc) is 3.36. The number of unbranched alkanes of at least 4 members (excludes halogenated alkanes) is 35. The van der Waals surface area contributed by atoms with Crippen molar-refractivity contribution in [2.24, 2.45) is 0 Å². The molecular weight excluding hydrogens is 865 g/mol. The fourth-order valence-electron chi connectivity index (χ4n) is 8.70. The van der Waals surface area contributed by atoms with Gasteiger partial charge in [-0.05, 0) is 96.3 Å². The van der Waals surface area contributed by atoms with Gasteiger partial charge in [0.2, 0.25) is 0 Å². The maximum Gasteiger partial charge on any atom is 0.306 e. The molecule has 6 heteroatoms. The van der Waals surface area contributed by atoms with Crippen molar-refractivity contribution in [3.05, 3.63) is 60.8 Å². The highest BCUT2D eigenvalue weighted by Gasteiger charge is 2.19. The van der Waals surface area contributed by atoms with Crippen molar-refractivity contribution >= 4 is 17.9 Å². The molecule has 0 amide bonds. The van der Waals surface area contributed by atoms with Gasteiger partial charge < -0.3 is 14.2 Å². The monoisotopic (exact) mass is 979 g/mol. The van der Waals surface area contributed by atoms with Crippen LogP contribution < -0.4 is 0 Å². The quantitative estimate of drug-likeness (QED) is 0.0199. The first-order chi connectivity index (χ1) is 34.5. The minimum absolute atomic E-state index is 0.0790. The standard InChI is InChI=1S/C64H114O6/c1-4-7-10-13-16-19-22-25-28-30-32-34-36-39-42-45-48-51-54-57-63(66)69-60-61(59-68-62(65)56-53-50-47-44-41-38-27-24-21-18-15-12-9-6-3)70-64(67)58-55-52-49-46-43-40-37-35-33-31-29-26-23-20-17-14-11-8-5-2/h9,12,16,18-19,21-22,25,31,33,61H,4-8,10-11,13-15,17,20,23-24,26-30,32,34-60H2,1-3H3/b12-9-,19-16-,21-18-,25-22-,33-31-. The van der Waals surface area contributed by atoms with Crippen molar-refractivity contribution in [1.82, 2.24) is 0 Å². The van der Waals surface area contributed by atoms with Gasteiger partial charge in [0.05, 0.1) is 0 Å². The highest BCUT2D eigenvalue weighted by Crippen LogP contribution is 2.16. The van der Waals surface area contributed by atoms with E-state index in [4.69, 9.17) is 14.2 Å². The highest BCUT2D eigenvalue weighted by atomic mass is 16.6. The number of allylic oxidation sites excluding steroid dienone is 10. The highest BCUT2D eigenvalue weighted by molar-refractivity contribution is 5.71. The Morgan fingerprint density at radius 1 is 0.314 bits per heavy atom. The molecule has 0 spiro atoms. The van der Waals surface area contributed by atoms with Gasteiger partial charge in [-0.15, -0.1) is 0 Å². The van der Waals surface area contributed by atoms with Crippen LogP contribution in [0.5, 0.6) is 0 Å². The summed E-state index contributed by atoms with van der Waals surface area (Å²) < 4.78 is 16.9. The number of esters is 3. The molecular formula is C64H114O6. The lowest BCUT2D eigenvalue weighted by Gasteiger charge is -2.18. The van der Waals surface area contributed by atoms with Gasteiger partial charge in [-0.3, -0.25) is 14.4 Å². The van der Waals surface area contributed by atoms with E-state index >= 15 is 0 Å². The SMILES string of the molecule is CC/C=C\C/C=C\CCCCCCCCCC(=O)OCC(COC(=O)CCCCCCCCCCCC/C=C\C=C/CCCCC)OC(=O)CCCCCCCCC/C=C\CCCCCCCCCC. The number of carbonyl (C=O) groups excluding carboxylic acids is 3. The summed E-state index contributed by atoms with van der Waals surface area (Å²) >= 11 is 0. The van der Waals surface area contributed by atoms with E-state index in [0.717, 1.165) is 77.0 Å². The number of ether oxygens (including phenoxy) is 3. The summed E-state index contributed by atoms with van der Waals surface area (Å²) in [6.45, 7) is 6.53. The van der Waals surface area contributed by atoms with Crippen molar-refractivity contribution in [3.8, 4) is 0 Å². The molecule has 70 heavy (non-hydrogen) atoms. The molecule has 1 atom stereocenters. The summed E-state index contributed by atoms with van der Waals surface area (Å²) in [6, 6.07) is 0. The van der Waals surface area contributed by atoms with Crippen LogP contribution in [-0.4, -0.2) is 37.2 Å². The van der Waals surface area contributed by atoms with E-state index in [1.165, 1.54) is 193 Å². The third kappa shape index (κ3) is 56.0. The first-order valence-corrected chi connectivity index (χ1v) is 30.3. The molecule has 0 saturated carbocycles. The van der Waals surface area contributed by atoms with E-state index < -0.39 is 6.10 Å². The maximum absolute atomic E-state index is 12.9. The number of rotatable bonds is 55. The predicted molar refractivity (Wildman–Crippen MR) is 302 cm³/mol. The molecule has 0 fully saturated rings. The predicted octanol–water partition coefficient (Wildman–Crippen LogP) is 20.4. The largest absolute Gasteiger partial charge is 0.462 e. The molecule has 406 valence electrons. The smallest absolute Gasteiger partial charge is 0.306 e. The number of hydrogen-bond acceptors (Lipinski definition) is 6. The third-order valence-electron chi connectivity index (χ3n) is 13.3. The van der Waals surface area contributed by atoms with E-state index in [-0.39, 0.29) is 31.1 Å². The lowest BCUT2D eigenvalue weighted by atomic mass is 10.1. The molecule has 0 aromatic heterocycles. The maximum atomic E-state index is 12.9. The minimum Gasteiger partial charge on any atom is -0.462 e. The van der Waals surface area contributed by atoms with Gasteiger partial charge >= 0.3 is 17.9 Å². The fourth-order valence-corrected chi connectivity index (χ4v) is 8.70. The summed E-state index contributed by atoms with van der Waals surface area (Å²) in [5, 5.41) is 0. The van der Waals surface area contributed by atoms with Crippen molar-refractivity contribution in [2.75, 3.05) is 13.2 Å². The number of carbonyl (C=O) groups is 3. The Kier molecular flexibility index (Phi) is 56.3. The summed E-state index contributed by atoms with van der Waals surface area (Å²) in [4.78, 5) is 38.2. The molecule has 0 rings (SSSR count). The van der Waals surface area contributed by atoms with Crippen molar-refractivity contribution in [3.63, 3.8) is 0 Å². The first kappa shape index (κ1) is 67.1. The molecule has 0 aromatic rings. The Hall–Kier alpha value is -2.89. The summed E-state index contributed by atoms with van der Waals surface area (Å²) in [5.41, 5.74) is 0. The van der Waals surface area contributed by atoms with Crippen LogP contribution in [0.1, 0.15) is 310 Å². The molecule has 0 aromatic carbocycles. The molecule has 0 radical (unpaired) electrons. The second kappa shape index (κ2) is 58.7. The Balaban J connectivity index is 4.36. The lowest BCUT2D eigenvalue weighted by molar-refractivity contribution is -0.167. The van der Waals surface area contributed by atoms with Crippen LogP contribution in [0.2, 0.25) is 0 Å². The fraction of sp³-hybridized carbons (Fsp3) is 0.797.